The number of benzene rings is 3. The molecule has 3 atom stereocenters. The summed E-state index contributed by atoms with van der Waals surface area (Å²) in [4.78, 5) is 56.9. The predicted molar refractivity (Wildman–Crippen MR) is 174 cm³/mol. The molecule has 9 nitrogen and oxygen atoms in total. The third-order valence-electron chi connectivity index (χ3n) is 8.79. The summed E-state index contributed by atoms with van der Waals surface area (Å²) in [6, 6.07) is 19.6. The summed E-state index contributed by atoms with van der Waals surface area (Å²) in [5.74, 6) is -0.0303. The van der Waals surface area contributed by atoms with E-state index in [0.29, 0.717) is 50.1 Å². The van der Waals surface area contributed by atoms with Crippen LogP contribution in [0.25, 0.3) is 10.8 Å². The molecule has 4 amide bonds. The van der Waals surface area contributed by atoms with E-state index >= 15 is 0 Å². The topological polar surface area (TPSA) is 108 Å². The molecular weight excluding hydrogens is 568 g/mol. The van der Waals surface area contributed by atoms with Gasteiger partial charge in [0.05, 0.1) is 12.5 Å². The molecule has 45 heavy (non-hydrogen) atoms. The zero-order valence-corrected chi connectivity index (χ0v) is 26.3. The molecule has 238 valence electrons. The Morgan fingerprint density at radius 1 is 0.956 bits per heavy atom. The second-order valence-corrected chi connectivity index (χ2v) is 12.2. The van der Waals surface area contributed by atoms with Gasteiger partial charge in [0.2, 0.25) is 17.7 Å². The van der Waals surface area contributed by atoms with Crippen LogP contribution in [0.5, 0.6) is 5.75 Å². The Balaban J connectivity index is 1.36. The van der Waals surface area contributed by atoms with Crippen molar-refractivity contribution in [2.24, 2.45) is 0 Å². The third-order valence-corrected chi connectivity index (χ3v) is 8.79. The van der Waals surface area contributed by atoms with Gasteiger partial charge in [-0.1, -0.05) is 68.3 Å². The number of carbonyl (C=O) groups excluding carboxylic acids is 4. The normalized spacial score (nSPS) is 20.7. The molecule has 0 aliphatic carbocycles. The molecule has 2 N–H and O–H groups in total. The molecule has 9 heteroatoms. The lowest BCUT2D eigenvalue weighted by Gasteiger charge is -2.30. The number of fused-ring (bicyclic) bond motifs is 4. The van der Waals surface area contributed by atoms with Crippen LogP contribution in [-0.4, -0.2) is 78.3 Å². The number of hydrogen-bond acceptors (Lipinski definition) is 5. The zero-order valence-electron chi connectivity index (χ0n) is 26.3. The second kappa shape index (κ2) is 15.1. The van der Waals surface area contributed by atoms with Gasteiger partial charge in [-0.3, -0.25) is 19.2 Å². The van der Waals surface area contributed by atoms with E-state index in [1.165, 1.54) is 0 Å². The molecule has 2 aliphatic heterocycles. The number of ether oxygens (including phenoxy) is 1. The van der Waals surface area contributed by atoms with Gasteiger partial charge in [0.25, 0.3) is 5.91 Å². The molecular formula is C36H44N4O5. The van der Waals surface area contributed by atoms with Gasteiger partial charge in [0.15, 0.2) is 0 Å². The average molecular weight is 613 g/mol. The summed E-state index contributed by atoms with van der Waals surface area (Å²) < 4.78 is 6.14. The van der Waals surface area contributed by atoms with Crippen molar-refractivity contribution in [3.8, 4) is 5.75 Å². The van der Waals surface area contributed by atoms with Gasteiger partial charge in [-0.2, -0.15) is 0 Å². The number of carbonyl (C=O) groups is 4. The summed E-state index contributed by atoms with van der Waals surface area (Å²) >= 11 is 0. The number of unbranched alkanes of at least 4 members (excludes halogenated alkanes) is 2. The molecule has 2 bridgehead atoms. The summed E-state index contributed by atoms with van der Waals surface area (Å²) in [5.41, 5.74) is 1.42. The van der Waals surface area contributed by atoms with Crippen LogP contribution in [0.4, 0.5) is 0 Å². The van der Waals surface area contributed by atoms with Crippen LogP contribution >= 0.6 is 0 Å². The first-order valence-corrected chi connectivity index (χ1v) is 16.2. The number of nitrogens with zero attached hydrogens (tertiary/aromatic N) is 2. The average Bonchev–Trinajstić information content (AvgIpc) is 3.44. The number of nitrogens with one attached hydrogen (secondary N) is 2. The van der Waals surface area contributed by atoms with Crippen molar-refractivity contribution >= 4 is 34.4 Å². The van der Waals surface area contributed by atoms with Gasteiger partial charge in [0.1, 0.15) is 18.4 Å². The van der Waals surface area contributed by atoms with Crippen LogP contribution in [0.2, 0.25) is 0 Å². The van der Waals surface area contributed by atoms with E-state index in [1.54, 1.807) is 41.1 Å². The highest BCUT2D eigenvalue weighted by Gasteiger charge is 2.39. The van der Waals surface area contributed by atoms with E-state index in [-0.39, 0.29) is 48.7 Å². The van der Waals surface area contributed by atoms with Gasteiger partial charge in [-0.05, 0) is 60.2 Å². The summed E-state index contributed by atoms with van der Waals surface area (Å²) in [7, 11) is 1.74. The predicted octanol–water partition coefficient (Wildman–Crippen LogP) is 4.48. The highest BCUT2D eigenvalue weighted by Crippen LogP contribution is 2.24. The molecule has 0 radical (unpaired) electrons. The van der Waals surface area contributed by atoms with Crippen LogP contribution in [0.15, 0.2) is 66.7 Å². The molecule has 1 saturated heterocycles. The van der Waals surface area contributed by atoms with Crippen LogP contribution in [0.1, 0.15) is 67.8 Å². The molecule has 3 aromatic carbocycles. The monoisotopic (exact) mass is 612 g/mol. The van der Waals surface area contributed by atoms with Gasteiger partial charge in [-0.15, -0.1) is 0 Å². The van der Waals surface area contributed by atoms with Crippen molar-refractivity contribution in [2.75, 3.05) is 26.7 Å². The van der Waals surface area contributed by atoms with Crippen molar-refractivity contribution < 1.29 is 23.9 Å². The SMILES string of the molecule is CCCCCC(=O)N[C@H]1C[C@H]2COc3cccc(c3)C(=O)N(C)CCC[C@H](NC(=O)Cc3cccc4ccccc34)C(=O)N2C1. The molecule has 0 saturated carbocycles. The molecule has 5 rings (SSSR count). The highest BCUT2D eigenvalue weighted by molar-refractivity contribution is 5.95. The van der Waals surface area contributed by atoms with E-state index in [2.05, 4.69) is 17.6 Å². The standard InChI is InChI=1S/C36H44N4O5/c1-3-4-5-18-33(41)37-28-22-29-24-45-30-15-9-14-27(20-30)35(43)39(2)19-10-17-32(36(44)40(29)23-28)38-34(42)21-26-13-8-12-25-11-6-7-16-31(25)26/h6-9,11-16,20,28-29,32H,3-5,10,17-19,21-24H2,1-2H3,(H,37,41)(H,38,42)/t28-,29-,32-/m0/s1. The van der Waals surface area contributed by atoms with Gasteiger partial charge < -0.3 is 25.2 Å². The summed E-state index contributed by atoms with van der Waals surface area (Å²) in [6.45, 7) is 3.08. The fourth-order valence-electron chi connectivity index (χ4n) is 6.37. The number of hydrogen-bond donors (Lipinski definition) is 2. The maximum atomic E-state index is 14.2. The fourth-order valence-corrected chi connectivity index (χ4v) is 6.37. The van der Waals surface area contributed by atoms with Gasteiger partial charge in [-0.25, -0.2) is 0 Å². The van der Waals surface area contributed by atoms with E-state index in [9.17, 15) is 19.2 Å². The maximum Gasteiger partial charge on any atom is 0.253 e. The lowest BCUT2D eigenvalue weighted by Crippen LogP contribution is -2.52. The van der Waals surface area contributed by atoms with Crippen molar-refractivity contribution in [2.45, 2.75) is 76.4 Å². The first kappa shape index (κ1) is 32.0. The molecule has 0 unspecified atom stereocenters. The summed E-state index contributed by atoms with van der Waals surface area (Å²) in [5, 5.41) is 8.22. The quantitative estimate of drug-likeness (QED) is 0.365. The maximum absolute atomic E-state index is 14.2. The third kappa shape index (κ3) is 8.21. The Morgan fingerprint density at radius 2 is 1.76 bits per heavy atom. The molecule has 0 spiro atoms. The molecule has 3 aromatic rings. The van der Waals surface area contributed by atoms with Crippen LogP contribution in [0, 0.1) is 0 Å². The first-order chi connectivity index (χ1) is 21.8. The minimum Gasteiger partial charge on any atom is -0.491 e. The molecule has 2 aliphatic rings. The van der Waals surface area contributed by atoms with Crippen LogP contribution in [0.3, 0.4) is 0 Å². The molecule has 0 aromatic heterocycles. The van der Waals surface area contributed by atoms with Gasteiger partial charge in [0, 0.05) is 38.2 Å². The minimum atomic E-state index is -0.779. The zero-order chi connectivity index (χ0) is 31.8. The number of rotatable bonds is 8. The largest absolute Gasteiger partial charge is 0.491 e. The van der Waals surface area contributed by atoms with Crippen LogP contribution < -0.4 is 15.4 Å². The smallest absolute Gasteiger partial charge is 0.253 e. The lowest BCUT2D eigenvalue weighted by atomic mass is 10.0. The first-order valence-electron chi connectivity index (χ1n) is 16.2. The Hall–Kier alpha value is -4.40. The van der Waals surface area contributed by atoms with E-state index in [0.717, 1.165) is 35.6 Å². The fraction of sp³-hybridized carbons (Fsp3) is 0.444. The Morgan fingerprint density at radius 3 is 2.60 bits per heavy atom. The van der Waals surface area contributed by atoms with E-state index in [1.807, 2.05) is 42.5 Å². The van der Waals surface area contributed by atoms with Crippen LogP contribution in [-0.2, 0) is 20.8 Å². The lowest BCUT2D eigenvalue weighted by molar-refractivity contribution is -0.138. The highest BCUT2D eigenvalue weighted by atomic mass is 16.5. The Bertz CT molecular complexity index is 1520. The van der Waals surface area contributed by atoms with Crippen molar-refractivity contribution in [1.82, 2.24) is 20.4 Å². The van der Waals surface area contributed by atoms with E-state index in [4.69, 9.17) is 4.74 Å². The summed E-state index contributed by atoms with van der Waals surface area (Å²) in [6.07, 6.45) is 4.91. The Labute approximate surface area is 265 Å². The second-order valence-electron chi connectivity index (χ2n) is 12.2. The molecule has 1 fully saturated rings. The minimum absolute atomic E-state index is 0.0116. The molecule has 2 heterocycles. The van der Waals surface area contributed by atoms with Crippen molar-refractivity contribution in [3.63, 3.8) is 0 Å². The van der Waals surface area contributed by atoms with Crippen molar-refractivity contribution in [3.05, 3.63) is 77.9 Å². The Kier molecular flexibility index (Phi) is 10.7. The van der Waals surface area contributed by atoms with Gasteiger partial charge >= 0.3 is 0 Å². The van der Waals surface area contributed by atoms with E-state index < -0.39 is 6.04 Å². The van der Waals surface area contributed by atoms with Crippen molar-refractivity contribution in [1.29, 1.82) is 0 Å². The number of amides is 4.